The van der Waals surface area contributed by atoms with Crippen molar-refractivity contribution >= 4 is 40.1 Å². The summed E-state index contributed by atoms with van der Waals surface area (Å²) in [5.74, 6) is 0.396. The number of nitrogens with one attached hydrogen (secondary N) is 1. The predicted octanol–water partition coefficient (Wildman–Crippen LogP) is 4.71. The maximum atomic E-state index is 12.3. The fourth-order valence-electron chi connectivity index (χ4n) is 3.08. The van der Waals surface area contributed by atoms with Crippen LogP contribution in [0.4, 0.5) is 5.69 Å². The zero-order valence-electron chi connectivity index (χ0n) is 17.8. The van der Waals surface area contributed by atoms with E-state index in [1.807, 2.05) is 42.5 Å². The summed E-state index contributed by atoms with van der Waals surface area (Å²) in [7, 11) is 0. The smallest absolute Gasteiger partial charge is 0.338 e. The third-order valence-corrected chi connectivity index (χ3v) is 5.35. The van der Waals surface area contributed by atoms with Crippen LogP contribution in [0, 0.1) is 0 Å². The number of carbonyl (C=O) groups excluding carboxylic acids is 2. The molecule has 0 atom stereocenters. The molecule has 9 heteroatoms. The van der Waals surface area contributed by atoms with Crippen LogP contribution < -0.4 is 10.1 Å². The van der Waals surface area contributed by atoms with Gasteiger partial charge in [-0.15, -0.1) is 10.2 Å². The van der Waals surface area contributed by atoms with Gasteiger partial charge in [-0.3, -0.25) is 4.79 Å². The van der Waals surface area contributed by atoms with Crippen molar-refractivity contribution in [2.24, 2.45) is 0 Å². The topological polar surface area (TPSA) is 104 Å². The molecular weight excluding hydrogens is 442 g/mol. The summed E-state index contributed by atoms with van der Waals surface area (Å²) < 4.78 is 16.4. The number of benzene rings is 3. The molecule has 8 nitrogen and oxygen atoms in total. The minimum absolute atomic E-state index is 0.0649. The number of esters is 1. The number of rotatable bonds is 9. The van der Waals surface area contributed by atoms with Gasteiger partial charge in [0, 0.05) is 11.1 Å². The van der Waals surface area contributed by atoms with Crippen molar-refractivity contribution in [3.8, 4) is 5.75 Å². The number of hydrogen-bond donors (Lipinski definition) is 1. The van der Waals surface area contributed by atoms with E-state index in [0.29, 0.717) is 17.1 Å². The van der Waals surface area contributed by atoms with Crippen LogP contribution >= 0.6 is 11.8 Å². The van der Waals surface area contributed by atoms with Crippen LogP contribution in [0.5, 0.6) is 5.75 Å². The second-order valence-electron chi connectivity index (χ2n) is 6.87. The van der Waals surface area contributed by atoms with Crippen molar-refractivity contribution < 1.29 is 23.5 Å². The van der Waals surface area contributed by atoms with Gasteiger partial charge in [0.2, 0.25) is 5.91 Å². The average Bonchev–Trinajstić information content (AvgIpc) is 3.29. The third kappa shape index (κ3) is 5.89. The number of aromatic nitrogens is 2. The Bertz CT molecular complexity index is 1270. The van der Waals surface area contributed by atoms with Gasteiger partial charge in [0.15, 0.2) is 6.61 Å². The Labute approximate surface area is 194 Å². The van der Waals surface area contributed by atoms with E-state index in [1.165, 1.54) is 0 Å². The molecule has 0 spiro atoms. The van der Waals surface area contributed by atoms with Gasteiger partial charge in [0.1, 0.15) is 5.75 Å². The maximum Gasteiger partial charge on any atom is 0.338 e. The Morgan fingerprint density at radius 1 is 1.03 bits per heavy atom. The van der Waals surface area contributed by atoms with Crippen LogP contribution in [0.1, 0.15) is 23.2 Å². The highest BCUT2D eigenvalue weighted by molar-refractivity contribution is 7.99. The first-order valence-electron chi connectivity index (χ1n) is 10.2. The van der Waals surface area contributed by atoms with E-state index in [2.05, 4.69) is 15.5 Å². The molecule has 0 unspecified atom stereocenters. The number of amides is 1. The fraction of sp³-hybridized carbons (Fsp3) is 0.167. The van der Waals surface area contributed by atoms with Gasteiger partial charge in [-0.05, 0) is 36.6 Å². The highest BCUT2D eigenvalue weighted by atomic mass is 32.2. The van der Waals surface area contributed by atoms with E-state index in [9.17, 15) is 9.59 Å². The molecule has 1 amide bonds. The average molecular weight is 464 g/mol. The van der Waals surface area contributed by atoms with Crippen LogP contribution in [-0.2, 0) is 16.1 Å². The summed E-state index contributed by atoms with van der Waals surface area (Å²) in [6, 6.07) is 20.3. The summed E-state index contributed by atoms with van der Waals surface area (Å²) in [4.78, 5) is 24.1. The van der Waals surface area contributed by atoms with Crippen LogP contribution in [-0.4, -0.2) is 34.4 Å². The zero-order chi connectivity index (χ0) is 23.0. The molecule has 0 fully saturated rings. The van der Waals surface area contributed by atoms with Crippen molar-refractivity contribution in [1.82, 2.24) is 10.2 Å². The molecule has 0 saturated carbocycles. The summed E-state index contributed by atoms with van der Waals surface area (Å²) in [6.45, 7) is 2.14. The number of hydrogen-bond acceptors (Lipinski definition) is 8. The maximum absolute atomic E-state index is 12.3. The lowest BCUT2D eigenvalue weighted by Gasteiger charge is -2.07. The zero-order valence-corrected chi connectivity index (χ0v) is 18.6. The Morgan fingerprint density at radius 3 is 2.73 bits per heavy atom. The lowest BCUT2D eigenvalue weighted by Crippen LogP contribution is -2.14. The van der Waals surface area contributed by atoms with Crippen molar-refractivity contribution in [2.75, 3.05) is 17.7 Å². The second kappa shape index (κ2) is 10.6. The molecule has 3 aromatic carbocycles. The summed E-state index contributed by atoms with van der Waals surface area (Å²) in [5, 5.41) is 13.0. The van der Waals surface area contributed by atoms with Crippen LogP contribution in [0.3, 0.4) is 0 Å². The van der Waals surface area contributed by atoms with Crippen molar-refractivity contribution in [2.45, 2.75) is 18.8 Å². The second-order valence-corrected chi connectivity index (χ2v) is 7.79. The number of fused-ring (bicyclic) bond motifs is 1. The molecule has 168 valence electrons. The molecular formula is C24H21N3O5S. The Kier molecular flexibility index (Phi) is 7.21. The molecule has 1 aromatic heterocycles. The molecule has 4 aromatic rings. The normalized spacial score (nSPS) is 10.7. The fourth-order valence-corrected chi connectivity index (χ4v) is 3.66. The first kappa shape index (κ1) is 22.3. The molecule has 0 radical (unpaired) electrons. The van der Waals surface area contributed by atoms with E-state index in [0.717, 1.165) is 28.3 Å². The predicted molar refractivity (Wildman–Crippen MR) is 124 cm³/mol. The molecule has 0 aliphatic rings. The first-order chi connectivity index (χ1) is 16.1. The largest absolute Gasteiger partial charge is 0.483 e. The number of carbonyl (C=O) groups is 2. The minimum Gasteiger partial charge on any atom is -0.483 e. The van der Waals surface area contributed by atoms with E-state index in [1.54, 1.807) is 31.2 Å². The van der Waals surface area contributed by atoms with Crippen molar-refractivity contribution in [1.29, 1.82) is 0 Å². The highest BCUT2D eigenvalue weighted by Crippen LogP contribution is 2.26. The summed E-state index contributed by atoms with van der Waals surface area (Å²) in [5.41, 5.74) is 0.871. The summed E-state index contributed by atoms with van der Waals surface area (Å²) >= 11 is 1.11. The molecule has 1 N–H and O–H groups in total. The lowest BCUT2D eigenvalue weighted by molar-refractivity contribution is -0.113. The standard InChI is InChI=1S/C24H21N3O5S/c1-2-30-23(29)17-9-5-10-18(13-17)25-21(28)15-33-24-27-26-22(32-24)14-31-20-12-6-8-16-7-3-4-11-19(16)20/h3-13H,2,14-15H2,1H3,(H,25,28). The van der Waals surface area contributed by atoms with Crippen molar-refractivity contribution in [3.63, 3.8) is 0 Å². The minimum atomic E-state index is -0.438. The quantitative estimate of drug-likeness (QED) is 0.281. The van der Waals surface area contributed by atoms with Gasteiger partial charge >= 0.3 is 5.97 Å². The van der Waals surface area contributed by atoms with E-state index >= 15 is 0 Å². The van der Waals surface area contributed by atoms with Gasteiger partial charge in [-0.2, -0.15) is 0 Å². The Balaban J connectivity index is 1.29. The number of anilines is 1. The third-order valence-electron chi connectivity index (χ3n) is 4.53. The lowest BCUT2D eigenvalue weighted by atomic mass is 10.1. The van der Waals surface area contributed by atoms with Gasteiger partial charge < -0.3 is 19.2 Å². The van der Waals surface area contributed by atoms with Gasteiger partial charge in [0.05, 0.1) is 17.9 Å². The summed E-state index contributed by atoms with van der Waals surface area (Å²) in [6.07, 6.45) is 0. The molecule has 0 aliphatic heterocycles. The number of thioether (sulfide) groups is 1. The van der Waals surface area contributed by atoms with Gasteiger partial charge in [0.25, 0.3) is 11.1 Å². The molecule has 33 heavy (non-hydrogen) atoms. The molecule has 0 bridgehead atoms. The molecule has 1 heterocycles. The first-order valence-corrected chi connectivity index (χ1v) is 11.2. The van der Waals surface area contributed by atoms with E-state index in [4.69, 9.17) is 13.9 Å². The van der Waals surface area contributed by atoms with Crippen molar-refractivity contribution in [3.05, 3.63) is 78.2 Å². The molecule has 0 aliphatic carbocycles. The van der Waals surface area contributed by atoms with Crippen LogP contribution in [0.25, 0.3) is 10.8 Å². The Hall–Kier alpha value is -3.85. The van der Waals surface area contributed by atoms with E-state index in [-0.39, 0.29) is 30.1 Å². The molecule has 0 saturated heterocycles. The van der Waals surface area contributed by atoms with Gasteiger partial charge in [-0.25, -0.2) is 4.79 Å². The monoisotopic (exact) mass is 463 g/mol. The number of nitrogens with zero attached hydrogens (tertiary/aromatic N) is 2. The SMILES string of the molecule is CCOC(=O)c1cccc(NC(=O)CSc2nnc(COc3cccc4ccccc34)o2)c1. The highest BCUT2D eigenvalue weighted by Gasteiger charge is 2.12. The van der Waals surface area contributed by atoms with Crippen LogP contribution in [0.2, 0.25) is 0 Å². The number of ether oxygens (including phenoxy) is 2. The van der Waals surface area contributed by atoms with E-state index < -0.39 is 5.97 Å². The van der Waals surface area contributed by atoms with Crippen LogP contribution in [0.15, 0.2) is 76.4 Å². The van der Waals surface area contributed by atoms with Gasteiger partial charge in [-0.1, -0.05) is 54.2 Å². The Morgan fingerprint density at radius 2 is 1.85 bits per heavy atom. The molecule has 4 rings (SSSR count).